The van der Waals surface area contributed by atoms with E-state index >= 15 is 0 Å². The summed E-state index contributed by atoms with van der Waals surface area (Å²) in [6, 6.07) is -0.590. The molecule has 1 heterocycles. The van der Waals surface area contributed by atoms with E-state index in [9.17, 15) is 4.79 Å². The molecule has 0 spiro atoms. The van der Waals surface area contributed by atoms with E-state index in [-0.39, 0.29) is 0 Å². The molecule has 0 saturated carbocycles. The van der Waals surface area contributed by atoms with E-state index in [0.29, 0.717) is 0 Å². The van der Waals surface area contributed by atoms with Gasteiger partial charge in [0, 0.05) is 7.05 Å². The van der Waals surface area contributed by atoms with Crippen LogP contribution in [0.3, 0.4) is 0 Å². The van der Waals surface area contributed by atoms with Gasteiger partial charge in [0.2, 0.25) is 0 Å². The number of aliphatic hydroxyl groups excluding tert-OH is 3. The number of rotatable bonds is 1. The molecule has 0 aliphatic carbocycles. The SMILES string of the molecule is CN1C(=O)N(CO)C(O)C1O. The number of aliphatic hydroxyl groups is 3. The molecule has 3 N–H and O–H groups in total. The molecule has 64 valence electrons. The first-order valence-corrected chi connectivity index (χ1v) is 3.10. The zero-order valence-electron chi connectivity index (χ0n) is 6.01. The predicted octanol–water partition coefficient (Wildman–Crippen LogP) is -2.06. The van der Waals surface area contributed by atoms with Crippen LogP contribution in [0, 0.1) is 0 Å². The first-order chi connectivity index (χ1) is 5.09. The first-order valence-electron chi connectivity index (χ1n) is 3.10. The lowest BCUT2D eigenvalue weighted by Gasteiger charge is -2.15. The van der Waals surface area contributed by atoms with Gasteiger partial charge in [-0.15, -0.1) is 0 Å². The normalized spacial score (nSPS) is 31.8. The molecule has 1 saturated heterocycles. The van der Waals surface area contributed by atoms with Crippen LogP contribution in [0.5, 0.6) is 0 Å². The van der Waals surface area contributed by atoms with E-state index < -0.39 is 25.2 Å². The summed E-state index contributed by atoms with van der Waals surface area (Å²) in [6.45, 7) is -0.596. The number of hydrogen-bond donors (Lipinski definition) is 3. The standard InChI is InChI=1S/C5H10N2O4/c1-6-3(9)4(10)7(2-8)5(6)11/h3-4,8-10H,2H2,1H3. The number of nitrogens with zero attached hydrogens (tertiary/aromatic N) is 2. The van der Waals surface area contributed by atoms with Gasteiger partial charge in [-0.3, -0.25) is 9.80 Å². The average Bonchev–Trinajstić information content (AvgIpc) is 2.17. The highest BCUT2D eigenvalue weighted by molar-refractivity contribution is 5.76. The Hall–Kier alpha value is -0.850. The van der Waals surface area contributed by atoms with Gasteiger partial charge in [-0.05, 0) is 0 Å². The molecule has 6 nitrogen and oxygen atoms in total. The highest BCUT2D eigenvalue weighted by Gasteiger charge is 2.41. The van der Waals surface area contributed by atoms with Gasteiger partial charge in [0.1, 0.15) is 6.73 Å². The lowest BCUT2D eigenvalue weighted by Crippen LogP contribution is -2.36. The van der Waals surface area contributed by atoms with Gasteiger partial charge >= 0.3 is 6.03 Å². The van der Waals surface area contributed by atoms with E-state index in [1.165, 1.54) is 7.05 Å². The van der Waals surface area contributed by atoms with E-state index in [2.05, 4.69) is 0 Å². The Balaban J connectivity index is 2.77. The molecule has 2 atom stereocenters. The Bertz CT molecular complexity index is 174. The maximum Gasteiger partial charge on any atom is 0.325 e. The third kappa shape index (κ3) is 1.05. The molecule has 11 heavy (non-hydrogen) atoms. The molecule has 2 amide bonds. The zero-order chi connectivity index (χ0) is 8.59. The fourth-order valence-electron chi connectivity index (χ4n) is 0.934. The topological polar surface area (TPSA) is 84.2 Å². The number of amides is 2. The van der Waals surface area contributed by atoms with Crippen LogP contribution < -0.4 is 0 Å². The van der Waals surface area contributed by atoms with Crippen molar-refractivity contribution in [2.24, 2.45) is 0 Å². The van der Waals surface area contributed by atoms with Crippen LogP contribution in [0.15, 0.2) is 0 Å². The number of urea groups is 1. The molecule has 0 aromatic carbocycles. The van der Waals surface area contributed by atoms with Crippen LogP contribution in [-0.4, -0.2) is 57.4 Å². The molecule has 6 heteroatoms. The van der Waals surface area contributed by atoms with Crippen LogP contribution in [0.25, 0.3) is 0 Å². The van der Waals surface area contributed by atoms with E-state index in [1.54, 1.807) is 0 Å². The number of hydrogen-bond acceptors (Lipinski definition) is 4. The van der Waals surface area contributed by atoms with Crippen molar-refractivity contribution in [3.63, 3.8) is 0 Å². The fraction of sp³-hybridized carbons (Fsp3) is 0.800. The van der Waals surface area contributed by atoms with Crippen molar-refractivity contribution >= 4 is 6.03 Å². The molecule has 2 unspecified atom stereocenters. The van der Waals surface area contributed by atoms with Crippen molar-refractivity contribution in [3.05, 3.63) is 0 Å². The molecule has 1 aliphatic heterocycles. The van der Waals surface area contributed by atoms with Gasteiger partial charge in [-0.2, -0.15) is 0 Å². The Labute approximate surface area is 63.3 Å². The summed E-state index contributed by atoms with van der Waals surface area (Å²) in [6.07, 6.45) is -2.59. The molecule has 0 aromatic rings. The smallest absolute Gasteiger partial charge is 0.325 e. The molecule has 0 radical (unpaired) electrons. The minimum atomic E-state index is -1.34. The minimum absolute atomic E-state index is 0.590. The maximum atomic E-state index is 10.9. The average molecular weight is 162 g/mol. The van der Waals surface area contributed by atoms with Crippen molar-refractivity contribution in [2.45, 2.75) is 12.5 Å². The van der Waals surface area contributed by atoms with Crippen molar-refractivity contribution < 1.29 is 20.1 Å². The molecule has 1 rings (SSSR count). The Kier molecular flexibility index (Phi) is 1.99. The Morgan fingerprint density at radius 3 is 2.18 bits per heavy atom. The monoisotopic (exact) mass is 162 g/mol. The lowest BCUT2D eigenvalue weighted by atomic mass is 10.5. The largest absolute Gasteiger partial charge is 0.376 e. The summed E-state index contributed by atoms with van der Waals surface area (Å²) in [4.78, 5) is 12.6. The Morgan fingerprint density at radius 1 is 1.45 bits per heavy atom. The highest BCUT2D eigenvalue weighted by Crippen LogP contribution is 2.16. The molecule has 1 aliphatic rings. The second-order valence-electron chi connectivity index (χ2n) is 2.33. The highest BCUT2D eigenvalue weighted by atomic mass is 16.4. The fourth-order valence-corrected chi connectivity index (χ4v) is 0.934. The van der Waals surface area contributed by atoms with Gasteiger partial charge < -0.3 is 15.3 Å². The van der Waals surface area contributed by atoms with Crippen LogP contribution >= 0.6 is 0 Å². The van der Waals surface area contributed by atoms with Crippen LogP contribution in [0.4, 0.5) is 4.79 Å². The van der Waals surface area contributed by atoms with Crippen molar-refractivity contribution in [1.82, 2.24) is 9.80 Å². The minimum Gasteiger partial charge on any atom is -0.376 e. The molecule has 0 aromatic heterocycles. The number of likely N-dealkylation sites (N-methyl/N-ethyl adjacent to an activating group) is 1. The van der Waals surface area contributed by atoms with E-state index in [0.717, 1.165) is 9.80 Å². The van der Waals surface area contributed by atoms with Crippen molar-refractivity contribution in [2.75, 3.05) is 13.8 Å². The predicted molar refractivity (Wildman–Crippen MR) is 34.1 cm³/mol. The van der Waals surface area contributed by atoms with E-state index in [1.807, 2.05) is 0 Å². The summed E-state index contributed by atoms with van der Waals surface area (Å²) < 4.78 is 0. The van der Waals surface area contributed by atoms with Gasteiger partial charge in [0.05, 0.1) is 0 Å². The van der Waals surface area contributed by atoms with Crippen LogP contribution in [0.1, 0.15) is 0 Å². The second-order valence-corrected chi connectivity index (χ2v) is 2.33. The quantitative estimate of drug-likeness (QED) is 0.414. The molecule has 0 bridgehead atoms. The van der Waals surface area contributed by atoms with Gasteiger partial charge in [0.25, 0.3) is 0 Å². The molecular formula is C5H10N2O4. The van der Waals surface area contributed by atoms with Crippen molar-refractivity contribution in [1.29, 1.82) is 0 Å². The third-order valence-corrected chi connectivity index (χ3v) is 1.68. The summed E-state index contributed by atoms with van der Waals surface area (Å²) >= 11 is 0. The number of carbonyl (C=O) groups is 1. The first kappa shape index (κ1) is 8.25. The lowest BCUT2D eigenvalue weighted by molar-refractivity contribution is -0.0772. The van der Waals surface area contributed by atoms with E-state index in [4.69, 9.17) is 15.3 Å². The van der Waals surface area contributed by atoms with Gasteiger partial charge in [-0.1, -0.05) is 0 Å². The Morgan fingerprint density at radius 2 is 2.00 bits per heavy atom. The molecular weight excluding hydrogens is 152 g/mol. The maximum absolute atomic E-state index is 10.9. The van der Waals surface area contributed by atoms with Gasteiger partial charge in [0.15, 0.2) is 12.5 Å². The summed E-state index contributed by atoms with van der Waals surface area (Å²) in [5.74, 6) is 0. The summed E-state index contributed by atoms with van der Waals surface area (Å²) in [7, 11) is 1.34. The van der Waals surface area contributed by atoms with Gasteiger partial charge in [-0.25, -0.2) is 4.79 Å². The summed E-state index contributed by atoms with van der Waals surface area (Å²) in [5.41, 5.74) is 0. The number of carbonyl (C=O) groups excluding carboxylic acids is 1. The second kappa shape index (κ2) is 2.65. The van der Waals surface area contributed by atoms with Crippen LogP contribution in [0.2, 0.25) is 0 Å². The molecule has 1 fully saturated rings. The zero-order valence-corrected chi connectivity index (χ0v) is 6.01. The van der Waals surface area contributed by atoms with Crippen LogP contribution in [-0.2, 0) is 0 Å². The summed E-state index contributed by atoms with van der Waals surface area (Å²) in [5, 5.41) is 26.6. The van der Waals surface area contributed by atoms with Crippen molar-refractivity contribution in [3.8, 4) is 0 Å². The third-order valence-electron chi connectivity index (χ3n) is 1.68.